The van der Waals surface area contributed by atoms with Crippen LogP contribution in [0.2, 0.25) is 0 Å². The fourth-order valence-electron chi connectivity index (χ4n) is 7.81. The van der Waals surface area contributed by atoms with E-state index < -0.39 is 0 Å². The monoisotopic (exact) mass is 636 g/mol. The van der Waals surface area contributed by atoms with Crippen LogP contribution in [0.5, 0.6) is 0 Å². The predicted octanol–water partition coefficient (Wildman–Crippen LogP) is 12.9. The third kappa shape index (κ3) is 4.50. The predicted molar refractivity (Wildman–Crippen MR) is 211 cm³/mol. The van der Waals surface area contributed by atoms with Crippen LogP contribution in [0.4, 0.5) is 0 Å². The average Bonchev–Trinajstić information content (AvgIpc) is 3.71. The smallest absolute Gasteiger partial charge is 0.0541 e. The van der Waals surface area contributed by atoms with Crippen molar-refractivity contribution in [2.45, 2.75) is 0 Å². The highest BCUT2D eigenvalue weighted by Crippen LogP contribution is 2.39. The molecule has 8 aromatic carbocycles. The standard InChI is InChI=1S/C48H32N2/c1-3-13-33(14-4-1)36-28-30-48-43(31-36)41-19-9-12-22-46(41)50(48)44-20-10-7-17-39(44)35-25-23-34(24-26-35)37-27-29-47-42(32-37)40-18-8-11-21-45(40)49(47)38-15-5-2-6-16-38/h1-32H. The minimum absolute atomic E-state index is 1.18. The van der Waals surface area contributed by atoms with Crippen molar-refractivity contribution in [3.63, 3.8) is 0 Å². The molecule has 0 aliphatic heterocycles. The van der Waals surface area contributed by atoms with Gasteiger partial charge < -0.3 is 9.13 Å². The third-order valence-corrected chi connectivity index (χ3v) is 10.1. The van der Waals surface area contributed by atoms with Gasteiger partial charge in [-0.25, -0.2) is 0 Å². The molecule has 2 heteroatoms. The number of benzene rings is 8. The summed E-state index contributed by atoms with van der Waals surface area (Å²) in [6.45, 7) is 0. The first-order valence-electron chi connectivity index (χ1n) is 17.2. The lowest BCUT2D eigenvalue weighted by molar-refractivity contribution is 1.18. The van der Waals surface area contributed by atoms with Gasteiger partial charge in [0.25, 0.3) is 0 Å². The maximum Gasteiger partial charge on any atom is 0.0541 e. The summed E-state index contributed by atoms with van der Waals surface area (Å²) < 4.78 is 4.80. The van der Waals surface area contributed by atoms with Crippen molar-refractivity contribution in [1.29, 1.82) is 0 Å². The molecule has 0 saturated heterocycles. The third-order valence-electron chi connectivity index (χ3n) is 10.1. The van der Waals surface area contributed by atoms with E-state index in [1.807, 2.05) is 0 Å². The number of hydrogen-bond donors (Lipinski definition) is 0. The summed E-state index contributed by atoms with van der Waals surface area (Å²) in [7, 11) is 0. The Kier molecular flexibility index (Phi) is 6.53. The van der Waals surface area contributed by atoms with Gasteiger partial charge in [0.15, 0.2) is 0 Å². The number of aromatic nitrogens is 2. The number of fused-ring (bicyclic) bond motifs is 6. The van der Waals surface area contributed by atoms with Gasteiger partial charge in [0, 0.05) is 32.8 Å². The van der Waals surface area contributed by atoms with E-state index in [9.17, 15) is 0 Å². The van der Waals surface area contributed by atoms with Crippen LogP contribution in [-0.2, 0) is 0 Å². The summed E-state index contributed by atoms with van der Waals surface area (Å²) in [5.74, 6) is 0. The highest BCUT2D eigenvalue weighted by Gasteiger charge is 2.17. The first-order valence-corrected chi connectivity index (χ1v) is 17.2. The molecule has 50 heavy (non-hydrogen) atoms. The molecule has 0 bridgehead atoms. The minimum atomic E-state index is 1.18. The molecule has 2 nitrogen and oxygen atoms in total. The lowest BCUT2D eigenvalue weighted by atomic mass is 9.98. The number of rotatable bonds is 5. The van der Waals surface area contributed by atoms with Crippen molar-refractivity contribution in [2.24, 2.45) is 0 Å². The molecule has 0 fully saturated rings. The fourth-order valence-corrected chi connectivity index (χ4v) is 7.81. The second-order valence-corrected chi connectivity index (χ2v) is 13.0. The van der Waals surface area contributed by atoms with Crippen LogP contribution in [0, 0.1) is 0 Å². The van der Waals surface area contributed by atoms with Gasteiger partial charge in [0.05, 0.1) is 27.8 Å². The van der Waals surface area contributed by atoms with Crippen molar-refractivity contribution < 1.29 is 0 Å². The number of nitrogens with zero attached hydrogens (tertiary/aromatic N) is 2. The number of hydrogen-bond acceptors (Lipinski definition) is 0. The highest BCUT2D eigenvalue weighted by atomic mass is 15.0. The fraction of sp³-hybridized carbons (Fsp3) is 0. The molecule has 0 amide bonds. The Hall–Kier alpha value is -6.64. The average molecular weight is 637 g/mol. The van der Waals surface area contributed by atoms with Gasteiger partial charge in [0.2, 0.25) is 0 Å². The summed E-state index contributed by atoms with van der Waals surface area (Å²) in [6.07, 6.45) is 0. The lowest BCUT2D eigenvalue weighted by Gasteiger charge is -2.15. The van der Waals surface area contributed by atoms with Crippen LogP contribution in [0.15, 0.2) is 194 Å². The quantitative estimate of drug-likeness (QED) is 0.178. The van der Waals surface area contributed by atoms with Gasteiger partial charge in [-0.3, -0.25) is 0 Å². The normalized spacial score (nSPS) is 11.6. The van der Waals surface area contributed by atoms with Gasteiger partial charge in [-0.05, 0) is 82.4 Å². The zero-order valence-electron chi connectivity index (χ0n) is 27.4. The summed E-state index contributed by atoms with van der Waals surface area (Å²) in [6, 6.07) is 70.3. The Morgan fingerprint density at radius 2 is 0.700 bits per heavy atom. The van der Waals surface area contributed by atoms with E-state index in [2.05, 4.69) is 203 Å². The lowest BCUT2D eigenvalue weighted by Crippen LogP contribution is -1.97. The molecule has 10 aromatic rings. The van der Waals surface area contributed by atoms with Gasteiger partial charge in [-0.15, -0.1) is 0 Å². The summed E-state index contributed by atoms with van der Waals surface area (Å²) in [5.41, 5.74) is 14.5. The molecule has 2 aromatic heterocycles. The zero-order valence-corrected chi connectivity index (χ0v) is 27.4. The van der Waals surface area contributed by atoms with E-state index >= 15 is 0 Å². The Morgan fingerprint density at radius 3 is 1.36 bits per heavy atom. The van der Waals surface area contributed by atoms with E-state index in [0.717, 1.165) is 0 Å². The molecular formula is C48H32N2. The Labute approximate surface area is 290 Å². The molecular weight excluding hydrogens is 605 g/mol. The van der Waals surface area contributed by atoms with Crippen molar-refractivity contribution in [3.05, 3.63) is 194 Å². The van der Waals surface area contributed by atoms with Gasteiger partial charge in [-0.1, -0.05) is 140 Å². The molecule has 234 valence electrons. The molecule has 0 saturated carbocycles. The van der Waals surface area contributed by atoms with E-state index in [1.54, 1.807) is 0 Å². The van der Waals surface area contributed by atoms with E-state index in [1.165, 1.54) is 88.4 Å². The van der Waals surface area contributed by atoms with Gasteiger partial charge >= 0.3 is 0 Å². The summed E-state index contributed by atoms with van der Waals surface area (Å²) >= 11 is 0. The first-order chi connectivity index (χ1) is 24.8. The zero-order chi connectivity index (χ0) is 33.0. The molecule has 0 N–H and O–H groups in total. The van der Waals surface area contributed by atoms with Crippen molar-refractivity contribution in [1.82, 2.24) is 9.13 Å². The summed E-state index contributed by atoms with van der Waals surface area (Å²) in [5, 5.41) is 5.05. The second-order valence-electron chi connectivity index (χ2n) is 13.0. The molecule has 0 aliphatic carbocycles. The Bertz CT molecular complexity index is 2840. The van der Waals surface area contributed by atoms with Crippen LogP contribution < -0.4 is 0 Å². The van der Waals surface area contributed by atoms with E-state index in [-0.39, 0.29) is 0 Å². The van der Waals surface area contributed by atoms with Crippen LogP contribution in [0.1, 0.15) is 0 Å². The maximum atomic E-state index is 2.43. The molecule has 0 unspecified atom stereocenters. The van der Waals surface area contributed by atoms with E-state index in [4.69, 9.17) is 0 Å². The largest absolute Gasteiger partial charge is 0.309 e. The second kappa shape index (κ2) is 11.5. The van der Waals surface area contributed by atoms with Gasteiger partial charge in [-0.2, -0.15) is 0 Å². The van der Waals surface area contributed by atoms with Crippen LogP contribution >= 0.6 is 0 Å². The first kappa shape index (κ1) is 28.4. The van der Waals surface area contributed by atoms with Crippen LogP contribution in [0.25, 0.3) is 88.4 Å². The minimum Gasteiger partial charge on any atom is -0.309 e. The van der Waals surface area contributed by atoms with Crippen LogP contribution in [0.3, 0.4) is 0 Å². The van der Waals surface area contributed by atoms with Crippen LogP contribution in [-0.4, -0.2) is 9.13 Å². The molecule has 0 spiro atoms. The maximum absolute atomic E-state index is 2.43. The highest BCUT2D eigenvalue weighted by molar-refractivity contribution is 6.12. The van der Waals surface area contributed by atoms with E-state index in [0.29, 0.717) is 0 Å². The Morgan fingerprint density at radius 1 is 0.260 bits per heavy atom. The summed E-state index contributed by atoms with van der Waals surface area (Å²) in [4.78, 5) is 0. The molecule has 10 rings (SSSR count). The molecule has 2 heterocycles. The Balaban J connectivity index is 1.07. The molecule has 0 aliphatic rings. The molecule has 0 radical (unpaired) electrons. The van der Waals surface area contributed by atoms with Crippen molar-refractivity contribution >= 4 is 43.6 Å². The van der Waals surface area contributed by atoms with Gasteiger partial charge in [0.1, 0.15) is 0 Å². The topological polar surface area (TPSA) is 9.86 Å². The van der Waals surface area contributed by atoms with Crippen molar-refractivity contribution in [2.75, 3.05) is 0 Å². The molecule has 0 atom stereocenters. The number of para-hydroxylation sites is 4. The SMILES string of the molecule is c1ccc(-c2ccc3c(c2)c2ccccc2n3-c2ccccc2-c2ccc(-c3ccc4c(c3)c3ccccc3n4-c3ccccc3)cc2)cc1. The van der Waals surface area contributed by atoms with Crippen molar-refractivity contribution in [3.8, 4) is 44.8 Å².